The number of carbonyl (C=O) groups excluding carboxylic acids is 1. The van der Waals surface area contributed by atoms with E-state index in [9.17, 15) is 4.79 Å². The van der Waals surface area contributed by atoms with Crippen molar-refractivity contribution in [3.63, 3.8) is 0 Å². The molecule has 1 aromatic carbocycles. The highest BCUT2D eigenvalue weighted by Gasteiger charge is 2.17. The van der Waals surface area contributed by atoms with Crippen LogP contribution in [0.1, 0.15) is 39.2 Å². The lowest BCUT2D eigenvalue weighted by Gasteiger charge is -2.19. The molecule has 21 heavy (non-hydrogen) atoms. The summed E-state index contributed by atoms with van der Waals surface area (Å²) in [5.41, 5.74) is 6.57. The van der Waals surface area contributed by atoms with E-state index in [1.165, 1.54) is 0 Å². The van der Waals surface area contributed by atoms with Gasteiger partial charge < -0.3 is 15.8 Å². The summed E-state index contributed by atoms with van der Waals surface area (Å²) in [5, 5.41) is 3.43. The fraction of sp³-hybridized carbons (Fsp3) is 0.562. The maximum atomic E-state index is 12.0. The largest absolute Gasteiger partial charge is 0.479 e. The average Bonchev–Trinajstić information content (AvgIpc) is 2.42. The van der Waals surface area contributed by atoms with E-state index >= 15 is 0 Å². The van der Waals surface area contributed by atoms with Crippen LogP contribution in [0.25, 0.3) is 0 Å². The number of carbonyl (C=O) groups is 1. The molecule has 1 aromatic rings. The zero-order valence-electron chi connectivity index (χ0n) is 13.0. The Hall–Kier alpha value is -1.26. The molecule has 0 aliphatic carbocycles. The Kier molecular flexibility index (Phi) is 7.54. The van der Waals surface area contributed by atoms with Crippen molar-refractivity contribution in [2.24, 2.45) is 5.73 Å². The number of hydrogen-bond acceptors (Lipinski definition) is 3. The number of amides is 1. The molecule has 0 saturated carbocycles. The molecule has 0 aromatic heterocycles. The highest BCUT2D eigenvalue weighted by molar-refractivity contribution is 6.32. The SMILES string of the molecule is CCCC(C)NC(=O)C(C)Oc1ccc(CCN)cc1Cl. The molecule has 0 bridgehead atoms. The number of ether oxygens (including phenoxy) is 1. The van der Waals surface area contributed by atoms with E-state index in [1.807, 2.05) is 19.1 Å². The van der Waals surface area contributed by atoms with Crippen LogP contribution in [-0.2, 0) is 11.2 Å². The third-order valence-electron chi connectivity index (χ3n) is 3.21. The van der Waals surface area contributed by atoms with Gasteiger partial charge in [-0.1, -0.05) is 31.0 Å². The molecular formula is C16H25ClN2O2. The molecule has 0 spiro atoms. The van der Waals surface area contributed by atoms with Crippen LogP contribution in [0.4, 0.5) is 0 Å². The minimum absolute atomic E-state index is 0.127. The van der Waals surface area contributed by atoms with Gasteiger partial charge in [0.15, 0.2) is 6.10 Å². The molecular weight excluding hydrogens is 288 g/mol. The summed E-state index contributed by atoms with van der Waals surface area (Å²) < 4.78 is 5.64. The Labute approximate surface area is 132 Å². The molecule has 1 rings (SSSR count). The van der Waals surface area contributed by atoms with Crippen LogP contribution in [0, 0.1) is 0 Å². The third-order valence-corrected chi connectivity index (χ3v) is 3.51. The predicted molar refractivity (Wildman–Crippen MR) is 86.8 cm³/mol. The number of nitrogens with two attached hydrogens (primary N) is 1. The van der Waals surface area contributed by atoms with Crippen LogP contribution in [0.3, 0.4) is 0 Å². The van der Waals surface area contributed by atoms with Crippen molar-refractivity contribution < 1.29 is 9.53 Å². The number of nitrogens with one attached hydrogen (secondary N) is 1. The quantitative estimate of drug-likeness (QED) is 0.775. The molecule has 2 unspecified atom stereocenters. The molecule has 0 saturated heterocycles. The van der Waals surface area contributed by atoms with Gasteiger partial charge in [0.1, 0.15) is 5.75 Å². The molecule has 118 valence electrons. The zero-order valence-corrected chi connectivity index (χ0v) is 13.7. The monoisotopic (exact) mass is 312 g/mol. The topological polar surface area (TPSA) is 64.3 Å². The molecule has 3 N–H and O–H groups in total. The zero-order chi connectivity index (χ0) is 15.8. The Balaban J connectivity index is 2.61. The van der Waals surface area contributed by atoms with Gasteiger partial charge in [0.05, 0.1) is 5.02 Å². The van der Waals surface area contributed by atoms with E-state index in [2.05, 4.69) is 12.2 Å². The second kappa shape index (κ2) is 8.90. The normalized spacial score (nSPS) is 13.6. The number of halogens is 1. The maximum absolute atomic E-state index is 12.0. The van der Waals surface area contributed by atoms with E-state index in [1.54, 1.807) is 13.0 Å². The lowest BCUT2D eigenvalue weighted by Crippen LogP contribution is -2.41. The van der Waals surface area contributed by atoms with Gasteiger partial charge in [-0.15, -0.1) is 0 Å². The highest BCUT2D eigenvalue weighted by atomic mass is 35.5. The molecule has 1 amide bonds. The first kappa shape index (κ1) is 17.8. The first-order chi connectivity index (χ1) is 9.97. The molecule has 0 aliphatic rings. The molecule has 2 atom stereocenters. The Morgan fingerprint density at radius 1 is 1.43 bits per heavy atom. The summed E-state index contributed by atoms with van der Waals surface area (Å²) in [6, 6.07) is 5.68. The highest BCUT2D eigenvalue weighted by Crippen LogP contribution is 2.26. The van der Waals surface area contributed by atoms with E-state index < -0.39 is 6.10 Å². The van der Waals surface area contributed by atoms with Crippen molar-refractivity contribution in [3.05, 3.63) is 28.8 Å². The number of benzene rings is 1. The van der Waals surface area contributed by atoms with Crippen molar-refractivity contribution in [1.29, 1.82) is 0 Å². The Bertz CT molecular complexity index is 466. The Morgan fingerprint density at radius 3 is 2.71 bits per heavy atom. The second-order valence-electron chi connectivity index (χ2n) is 5.26. The molecule has 0 fully saturated rings. The van der Waals surface area contributed by atoms with Gasteiger partial charge in [0, 0.05) is 6.04 Å². The van der Waals surface area contributed by atoms with Crippen LogP contribution in [0.15, 0.2) is 18.2 Å². The van der Waals surface area contributed by atoms with Crippen molar-refractivity contribution in [2.75, 3.05) is 6.54 Å². The fourth-order valence-electron chi connectivity index (χ4n) is 2.07. The van der Waals surface area contributed by atoms with E-state index in [0.29, 0.717) is 17.3 Å². The van der Waals surface area contributed by atoms with Crippen LogP contribution >= 0.6 is 11.6 Å². The number of hydrogen-bond donors (Lipinski definition) is 2. The standard InChI is InChI=1S/C16H25ClN2O2/c1-4-5-11(2)19-16(20)12(3)21-15-7-6-13(8-9-18)10-14(15)17/h6-7,10-12H,4-5,8-9,18H2,1-3H3,(H,19,20). The summed E-state index contributed by atoms with van der Waals surface area (Å²) >= 11 is 6.17. The molecule has 0 heterocycles. The van der Waals surface area contributed by atoms with Gasteiger partial charge in [-0.05, 0) is 50.9 Å². The minimum atomic E-state index is -0.581. The average molecular weight is 313 g/mol. The van der Waals surface area contributed by atoms with Crippen LogP contribution < -0.4 is 15.8 Å². The molecule has 0 radical (unpaired) electrons. The first-order valence-corrected chi connectivity index (χ1v) is 7.81. The molecule has 0 aliphatic heterocycles. The van der Waals surface area contributed by atoms with Gasteiger partial charge in [0.2, 0.25) is 0 Å². The van der Waals surface area contributed by atoms with Gasteiger partial charge >= 0.3 is 0 Å². The van der Waals surface area contributed by atoms with Crippen molar-refractivity contribution in [3.8, 4) is 5.75 Å². The van der Waals surface area contributed by atoms with Crippen LogP contribution in [-0.4, -0.2) is 24.6 Å². The predicted octanol–water partition coefficient (Wildman–Crippen LogP) is 2.91. The van der Waals surface area contributed by atoms with Crippen molar-refractivity contribution >= 4 is 17.5 Å². The van der Waals surface area contributed by atoms with Gasteiger partial charge in [-0.2, -0.15) is 0 Å². The van der Waals surface area contributed by atoms with Crippen molar-refractivity contribution in [1.82, 2.24) is 5.32 Å². The van der Waals surface area contributed by atoms with Crippen LogP contribution in [0.2, 0.25) is 5.02 Å². The summed E-state index contributed by atoms with van der Waals surface area (Å²) in [5.74, 6) is 0.390. The summed E-state index contributed by atoms with van der Waals surface area (Å²) in [7, 11) is 0. The lowest BCUT2D eigenvalue weighted by atomic mass is 10.1. The Morgan fingerprint density at radius 2 is 2.14 bits per heavy atom. The van der Waals surface area contributed by atoms with Gasteiger partial charge in [-0.3, -0.25) is 4.79 Å². The van der Waals surface area contributed by atoms with Crippen LogP contribution in [0.5, 0.6) is 5.75 Å². The van der Waals surface area contributed by atoms with E-state index in [-0.39, 0.29) is 11.9 Å². The van der Waals surface area contributed by atoms with E-state index in [0.717, 1.165) is 24.8 Å². The van der Waals surface area contributed by atoms with Crippen molar-refractivity contribution in [2.45, 2.75) is 52.2 Å². The molecule has 5 heteroatoms. The van der Waals surface area contributed by atoms with E-state index in [4.69, 9.17) is 22.1 Å². The number of rotatable bonds is 8. The van der Waals surface area contributed by atoms with Gasteiger partial charge in [0.25, 0.3) is 5.91 Å². The summed E-state index contributed by atoms with van der Waals surface area (Å²) in [6.07, 6.45) is 2.17. The molecule has 4 nitrogen and oxygen atoms in total. The third kappa shape index (κ3) is 5.94. The summed E-state index contributed by atoms with van der Waals surface area (Å²) in [4.78, 5) is 12.0. The minimum Gasteiger partial charge on any atom is -0.479 e. The fourth-order valence-corrected chi connectivity index (χ4v) is 2.32. The smallest absolute Gasteiger partial charge is 0.260 e. The maximum Gasteiger partial charge on any atom is 0.260 e. The summed E-state index contributed by atoms with van der Waals surface area (Å²) in [6.45, 7) is 6.37. The second-order valence-corrected chi connectivity index (χ2v) is 5.67. The lowest BCUT2D eigenvalue weighted by molar-refractivity contribution is -0.127. The first-order valence-electron chi connectivity index (χ1n) is 7.43. The van der Waals surface area contributed by atoms with Gasteiger partial charge in [-0.25, -0.2) is 0 Å².